The first-order valence-electron chi connectivity index (χ1n) is 7.76. The second-order valence-electron chi connectivity index (χ2n) is 5.30. The molecular weight excluding hydrogens is 310 g/mol. The van der Waals surface area contributed by atoms with E-state index in [0.29, 0.717) is 12.5 Å². The van der Waals surface area contributed by atoms with Crippen molar-refractivity contribution in [1.29, 1.82) is 0 Å². The van der Waals surface area contributed by atoms with E-state index in [0.717, 1.165) is 53.7 Å². The van der Waals surface area contributed by atoms with Gasteiger partial charge in [-0.15, -0.1) is 0 Å². The molecule has 8 heteroatoms. The van der Waals surface area contributed by atoms with Crippen molar-refractivity contribution in [3.8, 4) is 0 Å². The summed E-state index contributed by atoms with van der Waals surface area (Å²) in [5.41, 5.74) is 10.3. The van der Waals surface area contributed by atoms with E-state index in [-0.39, 0.29) is 0 Å². The van der Waals surface area contributed by atoms with Crippen molar-refractivity contribution in [3.63, 3.8) is 0 Å². The maximum atomic E-state index is 5.85. The number of aromatic nitrogens is 4. The van der Waals surface area contributed by atoms with Gasteiger partial charge < -0.3 is 21.0 Å². The van der Waals surface area contributed by atoms with Gasteiger partial charge in [0.25, 0.3) is 0 Å². The van der Waals surface area contributed by atoms with Crippen LogP contribution in [0.25, 0.3) is 0 Å². The van der Waals surface area contributed by atoms with Crippen LogP contribution in [0, 0.1) is 13.8 Å². The first-order chi connectivity index (χ1) is 11.2. The molecule has 0 aromatic carbocycles. The number of aromatic amines is 2. The number of aliphatic imine (C=N–C) groups is 1. The van der Waals surface area contributed by atoms with Crippen LogP contribution in [-0.4, -0.2) is 44.7 Å². The minimum Gasteiger partial charge on any atom is -0.370 e. The third-order valence-electron chi connectivity index (χ3n) is 3.51. The smallest absolute Gasteiger partial charge is 0.188 e. The first kappa shape index (κ1) is 17.4. The number of hydrogen-bond donors (Lipinski definition) is 4. The van der Waals surface area contributed by atoms with E-state index >= 15 is 0 Å². The lowest BCUT2D eigenvalue weighted by Gasteiger charge is -2.05. The quantitative estimate of drug-likeness (QED) is 0.316. The van der Waals surface area contributed by atoms with Gasteiger partial charge in [0.05, 0.1) is 24.0 Å². The normalized spacial score (nSPS) is 11.8. The van der Waals surface area contributed by atoms with Crippen LogP contribution in [0.15, 0.2) is 17.6 Å². The molecule has 23 heavy (non-hydrogen) atoms. The number of aryl methyl sites for hydroxylation is 3. The van der Waals surface area contributed by atoms with Crippen molar-refractivity contribution in [2.45, 2.75) is 32.4 Å². The van der Waals surface area contributed by atoms with Crippen molar-refractivity contribution in [3.05, 3.63) is 35.4 Å². The average Bonchev–Trinajstić information content (AvgIpc) is 3.12. The molecule has 0 aliphatic heterocycles. The number of H-pyrrole nitrogens is 2. The second kappa shape index (κ2) is 9.24. The van der Waals surface area contributed by atoms with Gasteiger partial charge in [-0.05, 0) is 26.7 Å². The Hall–Kier alpha value is -1.96. The van der Waals surface area contributed by atoms with Crippen LogP contribution in [0.2, 0.25) is 0 Å². The molecule has 2 rings (SSSR count). The minimum absolute atomic E-state index is 0.514. The summed E-state index contributed by atoms with van der Waals surface area (Å²) in [4.78, 5) is 19.0. The Morgan fingerprint density at radius 3 is 2.57 bits per heavy atom. The lowest BCUT2D eigenvalue weighted by molar-refractivity contribution is 0.801. The zero-order valence-electron chi connectivity index (χ0n) is 13.7. The number of imidazole rings is 2. The third-order valence-corrected chi connectivity index (χ3v) is 4.48. The van der Waals surface area contributed by atoms with E-state index in [1.165, 1.54) is 0 Å². The average molecular weight is 335 g/mol. The molecule has 0 saturated heterocycles. The molecule has 5 N–H and O–H groups in total. The predicted molar refractivity (Wildman–Crippen MR) is 95.6 cm³/mol. The molecule has 0 aliphatic carbocycles. The number of thioether (sulfide) groups is 1. The Labute approximate surface area is 141 Å². The van der Waals surface area contributed by atoms with Gasteiger partial charge in [0.2, 0.25) is 0 Å². The Morgan fingerprint density at radius 2 is 1.91 bits per heavy atom. The van der Waals surface area contributed by atoms with E-state index < -0.39 is 0 Å². The molecule has 0 radical (unpaired) electrons. The fourth-order valence-corrected chi connectivity index (χ4v) is 2.97. The molecule has 0 bridgehead atoms. The highest BCUT2D eigenvalue weighted by Gasteiger charge is 2.01. The summed E-state index contributed by atoms with van der Waals surface area (Å²) in [6.07, 6.45) is 5.33. The van der Waals surface area contributed by atoms with Crippen LogP contribution < -0.4 is 11.1 Å². The summed E-state index contributed by atoms with van der Waals surface area (Å²) in [6, 6.07) is 0. The van der Waals surface area contributed by atoms with Crippen LogP contribution in [0.5, 0.6) is 0 Å². The SMILES string of the molecule is Cc1[nH]cnc1CCCN=C(N)NCCSCc1nc[nH]c1C. The van der Waals surface area contributed by atoms with Crippen LogP contribution in [-0.2, 0) is 12.2 Å². The summed E-state index contributed by atoms with van der Waals surface area (Å²) in [7, 11) is 0. The van der Waals surface area contributed by atoms with Gasteiger partial charge in [0.15, 0.2) is 5.96 Å². The number of guanidine groups is 1. The molecule has 0 amide bonds. The topological polar surface area (TPSA) is 108 Å². The lowest BCUT2D eigenvalue weighted by atomic mass is 10.2. The molecule has 0 fully saturated rings. The largest absolute Gasteiger partial charge is 0.370 e. The number of hydrogen-bond acceptors (Lipinski definition) is 4. The molecule has 2 aromatic heterocycles. The molecule has 2 aromatic rings. The third kappa shape index (κ3) is 5.97. The van der Waals surface area contributed by atoms with Gasteiger partial charge in [-0.25, -0.2) is 9.97 Å². The van der Waals surface area contributed by atoms with Gasteiger partial charge in [-0.3, -0.25) is 4.99 Å². The van der Waals surface area contributed by atoms with Crippen molar-refractivity contribution >= 4 is 17.7 Å². The molecular formula is C15H25N7S. The summed E-state index contributed by atoms with van der Waals surface area (Å²) < 4.78 is 0. The summed E-state index contributed by atoms with van der Waals surface area (Å²) >= 11 is 1.83. The Bertz CT molecular complexity index is 617. The van der Waals surface area contributed by atoms with Crippen LogP contribution in [0.1, 0.15) is 29.2 Å². The van der Waals surface area contributed by atoms with Crippen LogP contribution in [0.4, 0.5) is 0 Å². The summed E-state index contributed by atoms with van der Waals surface area (Å²) in [5, 5.41) is 3.14. The monoisotopic (exact) mass is 335 g/mol. The van der Waals surface area contributed by atoms with E-state index in [1.807, 2.05) is 25.6 Å². The van der Waals surface area contributed by atoms with Gasteiger partial charge in [-0.2, -0.15) is 11.8 Å². The van der Waals surface area contributed by atoms with Gasteiger partial charge in [0, 0.05) is 36.0 Å². The molecule has 0 aliphatic rings. The number of rotatable bonds is 9. The van der Waals surface area contributed by atoms with Crippen molar-refractivity contribution in [1.82, 2.24) is 25.3 Å². The van der Waals surface area contributed by atoms with Gasteiger partial charge in [-0.1, -0.05) is 0 Å². The molecule has 0 saturated carbocycles. The fraction of sp³-hybridized carbons (Fsp3) is 0.533. The highest BCUT2D eigenvalue weighted by molar-refractivity contribution is 7.98. The molecule has 7 nitrogen and oxygen atoms in total. The highest BCUT2D eigenvalue weighted by Crippen LogP contribution is 2.11. The number of nitrogens with two attached hydrogens (primary N) is 1. The summed E-state index contributed by atoms with van der Waals surface area (Å²) in [5.74, 6) is 2.40. The maximum Gasteiger partial charge on any atom is 0.188 e. The number of nitrogens with one attached hydrogen (secondary N) is 3. The Balaban J connectivity index is 1.53. The molecule has 0 spiro atoms. The Kier molecular flexibility index (Phi) is 6.99. The lowest BCUT2D eigenvalue weighted by Crippen LogP contribution is -2.33. The van der Waals surface area contributed by atoms with E-state index in [1.54, 1.807) is 12.7 Å². The Morgan fingerprint density at radius 1 is 1.22 bits per heavy atom. The zero-order chi connectivity index (χ0) is 16.5. The van der Waals surface area contributed by atoms with Crippen LogP contribution in [0.3, 0.4) is 0 Å². The minimum atomic E-state index is 0.514. The molecule has 0 atom stereocenters. The zero-order valence-corrected chi connectivity index (χ0v) is 14.5. The van der Waals surface area contributed by atoms with Gasteiger partial charge >= 0.3 is 0 Å². The van der Waals surface area contributed by atoms with E-state index in [4.69, 9.17) is 5.73 Å². The molecule has 2 heterocycles. The summed E-state index contributed by atoms with van der Waals surface area (Å²) in [6.45, 7) is 5.59. The first-order valence-corrected chi connectivity index (χ1v) is 8.91. The standard InChI is InChI=1S/C15H25N7S/c1-11-13(21-9-19-11)4-3-5-17-15(16)18-6-7-23-8-14-12(2)20-10-22-14/h9-10H,3-8H2,1-2H3,(H,19,21)(H,20,22)(H3,16,17,18). The van der Waals surface area contributed by atoms with Gasteiger partial charge in [0.1, 0.15) is 0 Å². The van der Waals surface area contributed by atoms with Crippen molar-refractivity contribution < 1.29 is 0 Å². The highest BCUT2D eigenvalue weighted by atomic mass is 32.2. The number of nitrogens with zero attached hydrogens (tertiary/aromatic N) is 3. The van der Waals surface area contributed by atoms with E-state index in [2.05, 4.69) is 30.2 Å². The second-order valence-corrected chi connectivity index (χ2v) is 6.40. The molecule has 0 unspecified atom stereocenters. The van der Waals surface area contributed by atoms with Crippen molar-refractivity contribution in [2.24, 2.45) is 10.7 Å². The van der Waals surface area contributed by atoms with Crippen LogP contribution >= 0.6 is 11.8 Å². The molecule has 126 valence electrons. The maximum absolute atomic E-state index is 5.85. The predicted octanol–water partition coefficient (Wildman–Crippen LogP) is 1.52. The fourth-order valence-electron chi connectivity index (χ4n) is 2.09. The van der Waals surface area contributed by atoms with E-state index in [9.17, 15) is 0 Å². The van der Waals surface area contributed by atoms with Crippen molar-refractivity contribution in [2.75, 3.05) is 18.8 Å².